The number of likely N-dealkylation sites (tertiary alicyclic amines) is 1. The highest BCUT2D eigenvalue weighted by molar-refractivity contribution is 5.85. The molecule has 1 aliphatic heterocycles. The Morgan fingerprint density at radius 2 is 2.25 bits per heavy atom. The maximum atomic E-state index is 13.4. The fraction of sp³-hybridized carbons (Fsp3) is 0.500. The highest BCUT2D eigenvalue weighted by Crippen LogP contribution is 2.40. The predicted molar refractivity (Wildman–Crippen MR) is 86.9 cm³/mol. The summed E-state index contributed by atoms with van der Waals surface area (Å²) < 4.78 is 15.0. The number of carbonyl (C=O) groups excluding carboxylic acids is 2. The summed E-state index contributed by atoms with van der Waals surface area (Å²) >= 11 is 0. The third-order valence-corrected chi connectivity index (χ3v) is 5.51. The van der Waals surface area contributed by atoms with E-state index in [1.54, 1.807) is 22.6 Å². The molecule has 1 amide bonds. The first-order valence-corrected chi connectivity index (χ1v) is 8.47. The fourth-order valence-corrected chi connectivity index (χ4v) is 4.46. The van der Waals surface area contributed by atoms with E-state index in [9.17, 15) is 14.0 Å². The van der Waals surface area contributed by atoms with Crippen LogP contribution in [0.3, 0.4) is 0 Å². The van der Waals surface area contributed by atoms with Crippen molar-refractivity contribution < 1.29 is 14.0 Å². The maximum Gasteiger partial charge on any atom is 0.245 e. The molecule has 0 spiro atoms. The van der Waals surface area contributed by atoms with Crippen LogP contribution < -0.4 is 0 Å². The number of aryl methyl sites for hydroxylation is 1. The van der Waals surface area contributed by atoms with Gasteiger partial charge in [-0.1, -0.05) is 6.42 Å². The largest absolute Gasteiger partial charge is 0.328 e. The van der Waals surface area contributed by atoms with Gasteiger partial charge >= 0.3 is 0 Å². The van der Waals surface area contributed by atoms with E-state index in [0.717, 1.165) is 42.9 Å². The van der Waals surface area contributed by atoms with Crippen molar-refractivity contribution in [2.75, 3.05) is 0 Å². The van der Waals surface area contributed by atoms with Gasteiger partial charge in [0.05, 0.1) is 17.3 Å². The molecule has 1 saturated heterocycles. The van der Waals surface area contributed by atoms with Crippen molar-refractivity contribution in [1.82, 2.24) is 14.7 Å². The second-order valence-corrected chi connectivity index (χ2v) is 6.90. The lowest BCUT2D eigenvalue weighted by Crippen LogP contribution is -2.43. The number of amides is 1. The lowest BCUT2D eigenvalue weighted by atomic mass is 10.0. The average molecular weight is 329 g/mol. The van der Waals surface area contributed by atoms with Crippen LogP contribution >= 0.6 is 0 Å². The van der Waals surface area contributed by atoms with E-state index in [0.29, 0.717) is 11.6 Å². The summed E-state index contributed by atoms with van der Waals surface area (Å²) in [6.07, 6.45) is 4.88. The quantitative estimate of drug-likeness (QED) is 0.813. The number of nitrogens with zero attached hydrogens (tertiary/aromatic N) is 3. The molecule has 3 unspecified atom stereocenters. The average Bonchev–Trinajstić information content (AvgIpc) is 3.20. The molecule has 5 nitrogen and oxygen atoms in total. The van der Waals surface area contributed by atoms with E-state index in [1.165, 1.54) is 12.1 Å². The van der Waals surface area contributed by atoms with E-state index >= 15 is 0 Å². The molecule has 3 atom stereocenters. The number of aldehydes is 1. The van der Waals surface area contributed by atoms with E-state index in [1.807, 2.05) is 0 Å². The Labute approximate surface area is 139 Å². The lowest BCUT2D eigenvalue weighted by Gasteiger charge is -2.27. The Morgan fingerprint density at radius 3 is 3.04 bits per heavy atom. The topological polar surface area (TPSA) is 55.2 Å². The smallest absolute Gasteiger partial charge is 0.245 e. The van der Waals surface area contributed by atoms with Crippen molar-refractivity contribution in [1.29, 1.82) is 0 Å². The number of fused-ring (bicyclic) bond motifs is 2. The minimum absolute atomic E-state index is 0.0739. The SMILES string of the molecule is Cc1nn(CC(=O)N2C(C=O)CC3CCCC32)c2ccc(F)cc12. The monoisotopic (exact) mass is 329 g/mol. The zero-order chi connectivity index (χ0) is 16.8. The number of aromatic nitrogens is 2. The van der Waals surface area contributed by atoms with Crippen LogP contribution in [0.1, 0.15) is 31.4 Å². The lowest BCUT2D eigenvalue weighted by molar-refractivity contribution is -0.137. The molecule has 2 aromatic rings. The first-order chi connectivity index (χ1) is 11.6. The molecule has 2 heterocycles. The van der Waals surface area contributed by atoms with Gasteiger partial charge in [0.15, 0.2) is 0 Å². The molecule has 0 N–H and O–H groups in total. The minimum atomic E-state index is -0.314. The number of benzene rings is 1. The molecule has 4 rings (SSSR count). The summed E-state index contributed by atoms with van der Waals surface area (Å²) in [4.78, 5) is 26.1. The second-order valence-electron chi connectivity index (χ2n) is 6.90. The number of hydrogen-bond donors (Lipinski definition) is 0. The molecule has 1 saturated carbocycles. The van der Waals surface area contributed by atoms with Crippen molar-refractivity contribution in [2.45, 2.75) is 51.2 Å². The second kappa shape index (κ2) is 5.69. The van der Waals surface area contributed by atoms with Crippen LogP contribution in [0.5, 0.6) is 0 Å². The molecule has 0 bridgehead atoms. The van der Waals surface area contributed by atoms with Crippen LogP contribution in [-0.2, 0) is 16.1 Å². The van der Waals surface area contributed by atoms with Crippen molar-refractivity contribution in [3.8, 4) is 0 Å². The Bertz CT molecular complexity index is 816. The van der Waals surface area contributed by atoms with E-state index in [2.05, 4.69) is 5.10 Å². The zero-order valence-corrected chi connectivity index (χ0v) is 13.6. The first-order valence-electron chi connectivity index (χ1n) is 8.47. The van der Waals surface area contributed by atoms with Gasteiger partial charge in [-0.25, -0.2) is 4.39 Å². The zero-order valence-electron chi connectivity index (χ0n) is 13.6. The molecule has 1 aromatic heterocycles. The summed E-state index contributed by atoms with van der Waals surface area (Å²) in [5.74, 6) is 0.0652. The van der Waals surface area contributed by atoms with Crippen LogP contribution in [0.25, 0.3) is 10.9 Å². The van der Waals surface area contributed by atoms with Crippen LogP contribution in [0.15, 0.2) is 18.2 Å². The number of halogens is 1. The van der Waals surface area contributed by atoms with E-state index in [-0.39, 0.29) is 30.4 Å². The summed E-state index contributed by atoms with van der Waals surface area (Å²) in [5, 5.41) is 5.11. The van der Waals surface area contributed by atoms with Gasteiger partial charge in [0, 0.05) is 11.4 Å². The number of hydrogen-bond acceptors (Lipinski definition) is 3. The van der Waals surface area contributed by atoms with Gasteiger partial charge in [0.25, 0.3) is 0 Å². The molecule has 6 heteroatoms. The molecule has 126 valence electrons. The Hall–Kier alpha value is -2.24. The molecular formula is C18H20FN3O2. The molecule has 0 radical (unpaired) electrons. The summed E-state index contributed by atoms with van der Waals surface area (Å²) in [5.41, 5.74) is 1.44. The Balaban J connectivity index is 1.63. The van der Waals surface area contributed by atoms with Gasteiger partial charge in [0.1, 0.15) is 18.6 Å². The van der Waals surface area contributed by atoms with Gasteiger partial charge in [-0.2, -0.15) is 5.10 Å². The van der Waals surface area contributed by atoms with Crippen LogP contribution in [0.4, 0.5) is 4.39 Å². The third-order valence-electron chi connectivity index (χ3n) is 5.51. The third kappa shape index (κ3) is 2.32. The molecule has 24 heavy (non-hydrogen) atoms. The Morgan fingerprint density at radius 1 is 1.42 bits per heavy atom. The van der Waals surface area contributed by atoms with Gasteiger partial charge in [0.2, 0.25) is 5.91 Å². The van der Waals surface area contributed by atoms with Crippen molar-refractivity contribution >= 4 is 23.1 Å². The van der Waals surface area contributed by atoms with Crippen LogP contribution in [0.2, 0.25) is 0 Å². The maximum absolute atomic E-state index is 13.4. The molecule has 2 fully saturated rings. The van der Waals surface area contributed by atoms with Crippen LogP contribution in [0, 0.1) is 18.7 Å². The van der Waals surface area contributed by atoms with Gasteiger partial charge < -0.3 is 9.69 Å². The molecular weight excluding hydrogens is 309 g/mol. The van der Waals surface area contributed by atoms with Crippen molar-refractivity contribution in [3.05, 3.63) is 29.7 Å². The van der Waals surface area contributed by atoms with Gasteiger partial charge in [-0.3, -0.25) is 9.48 Å². The molecule has 1 aromatic carbocycles. The van der Waals surface area contributed by atoms with Gasteiger partial charge in [-0.15, -0.1) is 0 Å². The highest BCUT2D eigenvalue weighted by Gasteiger charge is 2.45. The predicted octanol–water partition coefficient (Wildman–Crippen LogP) is 2.45. The van der Waals surface area contributed by atoms with Crippen LogP contribution in [-0.4, -0.2) is 39.0 Å². The Kier molecular flexibility index (Phi) is 3.62. The first kappa shape index (κ1) is 15.3. The van der Waals surface area contributed by atoms with Gasteiger partial charge in [-0.05, 0) is 50.3 Å². The van der Waals surface area contributed by atoms with Crippen molar-refractivity contribution in [3.63, 3.8) is 0 Å². The normalized spacial score (nSPS) is 26.1. The molecule has 2 aliphatic rings. The molecule has 1 aliphatic carbocycles. The standard InChI is InChI=1S/C18H20FN3O2/c1-11-15-8-13(19)5-6-17(15)21(20-11)9-18(24)22-14(10-23)7-12-3-2-4-16(12)22/h5-6,8,10,12,14,16H,2-4,7,9H2,1H3. The van der Waals surface area contributed by atoms with Crippen molar-refractivity contribution in [2.24, 2.45) is 5.92 Å². The van der Waals surface area contributed by atoms with E-state index < -0.39 is 0 Å². The summed E-state index contributed by atoms with van der Waals surface area (Å²) in [6, 6.07) is 4.34. The number of rotatable bonds is 3. The highest BCUT2D eigenvalue weighted by atomic mass is 19.1. The minimum Gasteiger partial charge on any atom is -0.328 e. The van der Waals surface area contributed by atoms with E-state index in [4.69, 9.17) is 0 Å². The fourth-order valence-electron chi connectivity index (χ4n) is 4.46. The summed E-state index contributed by atoms with van der Waals surface area (Å²) in [6.45, 7) is 1.89. The number of carbonyl (C=O) groups is 2. The summed E-state index contributed by atoms with van der Waals surface area (Å²) in [7, 11) is 0.